The maximum absolute atomic E-state index is 6.20. The molecule has 5 nitrogen and oxygen atoms in total. The van der Waals surface area contributed by atoms with Crippen molar-refractivity contribution in [3.63, 3.8) is 0 Å². The van der Waals surface area contributed by atoms with Crippen LogP contribution in [0.5, 0.6) is 0 Å². The average Bonchev–Trinajstić information content (AvgIpc) is 3.65. The number of hydroxylamine groups is 1. The molecule has 0 radical (unpaired) electrons. The van der Waals surface area contributed by atoms with Gasteiger partial charge in [0.25, 0.3) is 0 Å². The summed E-state index contributed by atoms with van der Waals surface area (Å²) in [6, 6.07) is 44.3. The van der Waals surface area contributed by atoms with E-state index in [9.17, 15) is 0 Å². The lowest BCUT2D eigenvalue weighted by Gasteiger charge is -2.26. The van der Waals surface area contributed by atoms with Crippen molar-refractivity contribution in [2.75, 3.05) is 17.2 Å². The number of benzene rings is 5. The molecule has 0 saturated heterocycles. The lowest BCUT2D eigenvalue weighted by Crippen LogP contribution is -2.52. The molecule has 1 aliphatic rings. The van der Waals surface area contributed by atoms with Gasteiger partial charge < -0.3 is 0 Å². The van der Waals surface area contributed by atoms with Crippen LogP contribution in [0.25, 0.3) is 38.8 Å². The molecule has 2 aromatic heterocycles. The summed E-state index contributed by atoms with van der Waals surface area (Å²) >= 11 is 0. The fraction of sp³-hybridized carbons (Fsp3) is 0.205. The minimum absolute atomic E-state index is 0.412. The molecule has 0 saturated carbocycles. The fourth-order valence-corrected chi connectivity index (χ4v) is 10.0. The Bertz CT molecular complexity index is 2360. The van der Waals surface area contributed by atoms with E-state index in [0.29, 0.717) is 11.8 Å². The van der Waals surface area contributed by atoms with Gasteiger partial charge in [-0.3, -0.25) is 4.57 Å². The van der Waals surface area contributed by atoms with Gasteiger partial charge in [-0.05, 0) is 82.6 Å². The highest BCUT2D eigenvalue weighted by Gasteiger charge is 2.31. The zero-order chi connectivity index (χ0) is 34.7. The Morgan fingerprint density at radius 2 is 1.28 bits per heavy atom. The summed E-state index contributed by atoms with van der Waals surface area (Å²) in [4.78, 5) is 11.2. The molecule has 0 amide bonds. The minimum atomic E-state index is -2.17. The number of para-hydroxylation sites is 3. The van der Waals surface area contributed by atoms with Crippen LogP contribution in [0, 0.1) is 0 Å². The summed E-state index contributed by atoms with van der Waals surface area (Å²) in [5.41, 5.74) is 10.8. The van der Waals surface area contributed by atoms with Gasteiger partial charge in [-0.25, -0.2) is 10.0 Å². The summed E-state index contributed by atoms with van der Waals surface area (Å²) in [5.74, 6) is 1.76. The van der Waals surface area contributed by atoms with E-state index in [4.69, 9.17) is 9.92 Å². The van der Waals surface area contributed by atoms with E-state index >= 15 is 0 Å². The smallest absolute Gasteiger partial charge is 0.138 e. The quantitative estimate of drug-likeness (QED) is 0.158. The number of nitrogens with zero attached hydrogens (tertiary/aromatic N) is 4. The predicted molar refractivity (Wildman–Crippen MR) is 213 cm³/mol. The number of fused-ring (bicyclic) bond motifs is 4. The van der Waals surface area contributed by atoms with Crippen LogP contribution in [0.4, 0.5) is 17.1 Å². The molecule has 0 spiro atoms. The third-order valence-corrected chi connectivity index (χ3v) is 14.0. The maximum Gasteiger partial charge on any atom is 0.138 e. The van der Waals surface area contributed by atoms with Gasteiger partial charge in [0.2, 0.25) is 0 Å². The summed E-state index contributed by atoms with van der Waals surface area (Å²) in [6.45, 7) is 14.0. The highest BCUT2D eigenvalue weighted by Crippen LogP contribution is 2.41. The molecule has 1 aliphatic heterocycles. The molecule has 8 rings (SSSR count). The van der Waals surface area contributed by atoms with Crippen LogP contribution in [0.15, 0.2) is 128 Å². The number of rotatable bonds is 7. The van der Waals surface area contributed by atoms with Crippen LogP contribution >= 0.6 is 0 Å². The van der Waals surface area contributed by atoms with E-state index in [2.05, 4.69) is 161 Å². The molecule has 6 heteroatoms. The van der Waals surface area contributed by atoms with Crippen LogP contribution in [0.2, 0.25) is 13.1 Å². The first-order valence-electron chi connectivity index (χ1n) is 17.7. The first-order chi connectivity index (χ1) is 24.1. The monoisotopic (exact) mass is 672 g/mol. The maximum atomic E-state index is 6.20. The molecular formula is C44H44N4OSi. The topological polar surface area (TPSA) is 33.5 Å². The SMILES string of the molecule is CC(C)c1cccc(C(C)C)c1-c1ccnc(-n2c3ccccc3c3ccc([Si](C)(C)c4cccc(N5ON(C)c6ccccc65)c4)cc32)c1. The molecule has 0 N–H and O–H groups in total. The Kier molecular flexibility index (Phi) is 7.89. The highest BCUT2D eigenvalue weighted by molar-refractivity contribution is 7.00. The summed E-state index contributed by atoms with van der Waals surface area (Å²) in [6.07, 6.45) is 1.98. The molecule has 0 bridgehead atoms. The summed E-state index contributed by atoms with van der Waals surface area (Å²) < 4.78 is 2.37. The molecule has 3 heterocycles. The van der Waals surface area contributed by atoms with Gasteiger partial charge >= 0.3 is 0 Å². The predicted octanol–water partition coefficient (Wildman–Crippen LogP) is 10.3. The van der Waals surface area contributed by atoms with Gasteiger partial charge in [-0.1, -0.05) is 124 Å². The van der Waals surface area contributed by atoms with E-state index in [0.717, 1.165) is 22.9 Å². The number of hydrogen-bond acceptors (Lipinski definition) is 4. The Hall–Kier alpha value is -5.17. The zero-order valence-corrected chi connectivity index (χ0v) is 31.0. The van der Waals surface area contributed by atoms with Crippen molar-refractivity contribution in [2.45, 2.75) is 52.6 Å². The summed E-state index contributed by atoms with van der Waals surface area (Å²) in [5, 5.41) is 8.96. The number of pyridine rings is 1. The number of anilines is 3. The molecule has 0 atom stereocenters. The first-order valence-corrected chi connectivity index (χ1v) is 20.7. The molecule has 0 unspecified atom stereocenters. The number of hydrogen-bond donors (Lipinski definition) is 0. The van der Waals surface area contributed by atoms with Gasteiger partial charge in [-0.2, -0.15) is 5.06 Å². The second-order valence-electron chi connectivity index (χ2n) is 14.6. The summed E-state index contributed by atoms with van der Waals surface area (Å²) in [7, 11) is -0.219. The van der Waals surface area contributed by atoms with Crippen molar-refractivity contribution in [2.24, 2.45) is 0 Å². The van der Waals surface area contributed by atoms with Crippen molar-refractivity contribution >= 4 is 57.3 Å². The van der Waals surface area contributed by atoms with E-state index in [1.165, 1.54) is 54.4 Å². The molecule has 250 valence electrons. The Morgan fingerprint density at radius 3 is 2.04 bits per heavy atom. The van der Waals surface area contributed by atoms with Crippen LogP contribution < -0.4 is 20.5 Å². The van der Waals surface area contributed by atoms with Gasteiger partial charge in [-0.15, -0.1) is 4.94 Å². The van der Waals surface area contributed by atoms with Crippen LogP contribution in [-0.4, -0.2) is 24.7 Å². The zero-order valence-electron chi connectivity index (χ0n) is 30.0. The molecule has 5 aromatic carbocycles. The van der Waals surface area contributed by atoms with Gasteiger partial charge in [0, 0.05) is 24.0 Å². The number of aromatic nitrogens is 2. The van der Waals surface area contributed by atoms with Crippen LogP contribution in [0.3, 0.4) is 0 Å². The van der Waals surface area contributed by atoms with E-state index in [1.54, 1.807) is 0 Å². The van der Waals surface area contributed by atoms with Crippen LogP contribution in [0.1, 0.15) is 50.7 Å². The van der Waals surface area contributed by atoms with E-state index < -0.39 is 8.07 Å². The fourth-order valence-electron chi connectivity index (χ4n) is 7.67. The molecule has 7 aromatic rings. The van der Waals surface area contributed by atoms with Gasteiger partial charge in [0.15, 0.2) is 0 Å². The third-order valence-electron chi connectivity index (χ3n) is 10.5. The van der Waals surface area contributed by atoms with Crippen molar-refractivity contribution < 1.29 is 4.94 Å². The van der Waals surface area contributed by atoms with Crippen molar-refractivity contribution in [1.29, 1.82) is 0 Å². The Balaban J connectivity index is 1.26. The average molecular weight is 673 g/mol. The molecule has 0 fully saturated rings. The van der Waals surface area contributed by atoms with E-state index in [1.807, 2.05) is 29.4 Å². The second kappa shape index (κ2) is 12.3. The van der Waals surface area contributed by atoms with Crippen molar-refractivity contribution in [3.05, 3.63) is 139 Å². The highest BCUT2D eigenvalue weighted by atomic mass is 28.3. The normalized spacial score (nSPS) is 13.3. The largest absolute Gasteiger partial charge is 0.294 e. The van der Waals surface area contributed by atoms with E-state index in [-0.39, 0.29) is 0 Å². The van der Waals surface area contributed by atoms with Crippen LogP contribution in [-0.2, 0) is 4.94 Å². The Morgan fingerprint density at radius 1 is 0.620 bits per heavy atom. The van der Waals surface area contributed by atoms with Gasteiger partial charge in [0.1, 0.15) is 13.9 Å². The lowest BCUT2D eigenvalue weighted by atomic mass is 9.85. The third kappa shape index (κ3) is 5.22. The minimum Gasteiger partial charge on any atom is -0.294 e. The van der Waals surface area contributed by atoms with Crippen molar-refractivity contribution in [3.8, 4) is 16.9 Å². The second-order valence-corrected chi connectivity index (χ2v) is 19.1. The molecule has 50 heavy (non-hydrogen) atoms. The Labute approximate surface area is 296 Å². The molecule has 0 aliphatic carbocycles. The van der Waals surface area contributed by atoms with Gasteiger partial charge in [0.05, 0.1) is 28.1 Å². The standard InChI is InChI=1S/C44H44N4OSi/c1-29(2)35-17-13-18-36(30(3)4)44(35)31-24-25-45-43(26-31)47-39-19-9-8-16-37(39)38-23-22-34(28-42(38)47)50(6,7)33-15-12-14-32(27-33)48-41-21-11-10-20-40(41)46(5)49-48/h8-30H,1-7H3. The lowest BCUT2D eigenvalue weighted by molar-refractivity contribution is 0.142. The molecular weight excluding hydrogens is 629 g/mol. The van der Waals surface area contributed by atoms with Crippen molar-refractivity contribution in [1.82, 2.24) is 9.55 Å². The first kappa shape index (κ1) is 32.1.